The van der Waals surface area contributed by atoms with Crippen molar-refractivity contribution in [2.24, 2.45) is 5.92 Å². The van der Waals surface area contributed by atoms with Crippen molar-refractivity contribution in [3.8, 4) is 0 Å². The smallest absolute Gasteiger partial charge is 0.222 e. The Morgan fingerprint density at radius 1 is 0.947 bits per heavy atom. The van der Waals surface area contributed by atoms with Crippen LogP contribution in [0.3, 0.4) is 0 Å². The largest absolute Gasteiger partial charge is 0.339 e. The van der Waals surface area contributed by atoms with Crippen LogP contribution in [0.15, 0.2) is 0 Å². The fraction of sp³-hybridized carbons (Fsp3) is 0.867. The SMILES string of the molecule is CC(=O)N1CCN(C(=O)CCC2CCCCC2)CC1. The van der Waals surface area contributed by atoms with Gasteiger partial charge in [0, 0.05) is 39.5 Å². The topological polar surface area (TPSA) is 40.6 Å². The molecule has 0 bridgehead atoms. The molecule has 2 aliphatic rings. The Labute approximate surface area is 116 Å². The molecule has 4 nitrogen and oxygen atoms in total. The molecule has 2 fully saturated rings. The summed E-state index contributed by atoms with van der Waals surface area (Å²) in [4.78, 5) is 27.1. The van der Waals surface area contributed by atoms with E-state index in [4.69, 9.17) is 0 Å². The van der Waals surface area contributed by atoms with Crippen molar-refractivity contribution in [3.63, 3.8) is 0 Å². The molecule has 1 heterocycles. The summed E-state index contributed by atoms with van der Waals surface area (Å²) >= 11 is 0. The number of carbonyl (C=O) groups excluding carboxylic acids is 2. The summed E-state index contributed by atoms with van der Waals surface area (Å²) in [6.07, 6.45) is 8.44. The van der Waals surface area contributed by atoms with E-state index in [1.807, 2.05) is 9.80 Å². The zero-order valence-corrected chi connectivity index (χ0v) is 12.1. The van der Waals surface area contributed by atoms with Crippen molar-refractivity contribution in [3.05, 3.63) is 0 Å². The van der Waals surface area contributed by atoms with Gasteiger partial charge in [-0.2, -0.15) is 0 Å². The van der Waals surface area contributed by atoms with E-state index in [1.54, 1.807) is 6.92 Å². The lowest BCUT2D eigenvalue weighted by molar-refractivity contribution is -0.138. The molecule has 0 atom stereocenters. The van der Waals surface area contributed by atoms with Gasteiger partial charge < -0.3 is 9.80 Å². The third-order valence-corrected chi connectivity index (χ3v) is 4.57. The molecule has 4 heteroatoms. The lowest BCUT2D eigenvalue weighted by Crippen LogP contribution is -2.50. The zero-order chi connectivity index (χ0) is 13.7. The summed E-state index contributed by atoms with van der Waals surface area (Å²) in [5.74, 6) is 1.18. The van der Waals surface area contributed by atoms with Gasteiger partial charge >= 0.3 is 0 Å². The molecule has 1 aliphatic heterocycles. The lowest BCUT2D eigenvalue weighted by atomic mass is 9.86. The molecular weight excluding hydrogens is 240 g/mol. The molecule has 0 radical (unpaired) electrons. The average molecular weight is 266 g/mol. The fourth-order valence-corrected chi connectivity index (χ4v) is 3.23. The molecule has 2 rings (SSSR count). The van der Waals surface area contributed by atoms with Gasteiger partial charge in [-0.05, 0) is 12.3 Å². The van der Waals surface area contributed by atoms with Gasteiger partial charge in [0.15, 0.2) is 0 Å². The second-order valence-corrected chi connectivity index (χ2v) is 5.93. The molecule has 0 unspecified atom stereocenters. The van der Waals surface area contributed by atoms with Gasteiger partial charge in [0.25, 0.3) is 0 Å². The average Bonchev–Trinajstić information content (AvgIpc) is 2.46. The monoisotopic (exact) mass is 266 g/mol. The molecule has 1 aliphatic carbocycles. The maximum Gasteiger partial charge on any atom is 0.222 e. The number of piperazine rings is 1. The van der Waals surface area contributed by atoms with Crippen molar-refractivity contribution in [2.45, 2.75) is 51.9 Å². The van der Waals surface area contributed by atoms with E-state index in [9.17, 15) is 9.59 Å². The Kier molecular flexibility index (Phi) is 5.23. The van der Waals surface area contributed by atoms with Crippen molar-refractivity contribution in [2.75, 3.05) is 26.2 Å². The van der Waals surface area contributed by atoms with E-state index in [2.05, 4.69) is 0 Å². The molecule has 2 amide bonds. The Morgan fingerprint density at radius 3 is 2.11 bits per heavy atom. The zero-order valence-electron chi connectivity index (χ0n) is 12.1. The van der Waals surface area contributed by atoms with Crippen molar-refractivity contribution in [1.82, 2.24) is 9.80 Å². The molecule has 0 spiro atoms. The summed E-state index contributed by atoms with van der Waals surface area (Å²) in [6.45, 7) is 4.42. The minimum Gasteiger partial charge on any atom is -0.339 e. The quantitative estimate of drug-likeness (QED) is 0.784. The first kappa shape index (κ1) is 14.4. The first-order valence-electron chi connectivity index (χ1n) is 7.70. The number of carbonyl (C=O) groups is 2. The predicted octanol–water partition coefficient (Wildman–Crippen LogP) is 2.04. The van der Waals surface area contributed by atoms with E-state index in [-0.39, 0.29) is 11.8 Å². The summed E-state index contributed by atoms with van der Waals surface area (Å²) in [5.41, 5.74) is 0. The molecule has 19 heavy (non-hydrogen) atoms. The standard InChI is InChI=1S/C15H26N2O2/c1-13(18)16-9-11-17(12-10-16)15(19)8-7-14-5-3-2-4-6-14/h14H,2-12H2,1H3. The van der Waals surface area contributed by atoms with Gasteiger partial charge in [0.2, 0.25) is 11.8 Å². The summed E-state index contributed by atoms with van der Waals surface area (Å²) < 4.78 is 0. The van der Waals surface area contributed by atoms with Crippen LogP contribution < -0.4 is 0 Å². The Bertz CT molecular complexity index is 316. The minimum atomic E-state index is 0.120. The first-order chi connectivity index (χ1) is 9.16. The third-order valence-electron chi connectivity index (χ3n) is 4.57. The van der Waals surface area contributed by atoms with E-state index >= 15 is 0 Å². The highest BCUT2D eigenvalue weighted by molar-refractivity contribution is 5.77. The Balaban J connectivity index is 1.67. The Hall–Kier alpha value is -1.06. The van der Waals surface area contributed by atoms with E-state index < -0.39 is 0 Å². The van der Waals surface area contributed by atoms with Crippen LogP contribution in [0, 0.1) is 5.92 Å². The molecular formula is C15H26N2O2. The van der Waals surface area contributed by atoms with Crippen LogP contribution in [-0.4, -0.2) is 47.8 Å². The molecule has 0 aromatic heterocycles. The predicted molar refractivity (Wildman–Crippen MR) is 74.6 cm³/mol. The van der Waals surface area contributed by atoms with Crippen LogP contribution in [-0.2, 0) is 9.59 Å². The fourth-order valence-electron chi connectivity index (χ4n) is 3.23. The van der Waals surface area contributed by atoms with Gasteiger partial charge in [-0.1, -0.05) is 32.1 Å². The summed E-state index contributed by atoms with van der Waals surface area (Å²) in [6, 6.07) is 0. The maximum absolute atomic E-state index is 12.1. The molecule has 1 saturated heterocycles. The maximum atomic E-state index is 12.1. The number of hydrogen-bond acceptors (Lipinski definition) is 2. The first-order valence-corrected chi connectivity index (χ1v) is 7.70. The Morgan fingerprint density at radius 2 is 1.53 bits per heavy atom. The van der Waals surface area contributed by atoms with Gasteiger partial charge in [-0.3, -0.25) is 9.59 Å². The van der Waals surface area contributed by atoms with Crippen molar-refractivity contribution >= 4 is 11.8 Å². The third kappa shape index (κ3) is 4.22. The van der Waals surface area contributed by atoms with Crippen LogP contribution in [0.4, 0.5) is 0 Å². The van der Waals surface area contributed by atoms with Gasteiger partial charge in [0.05, 0.1) is 0 Å². The second kappa shape index (κ2) is 6.92. The molecule has 0 aromatic carbocycles. The van der Waals surface area contributed by atoms with Crippen LogP contribution in [0.1, 0.15) is 51.9 Å². The molecule has 1 saturated carbocycles. The normalized spacial score (nSPS) is 21.5. The molecule has 0 N–H and O–H groups in total. The second-order valence-electron chi connectivity index (χ2n) is 5.93. The number of nitrogens with zero attached hydrogens (tertiary/aromatic N) is 2. The van der Waals surface area contributed by atoms with Crippen LogP contribution >= 0.6 is 0 Å². The van der Waals surface area contributed by atoms with E-state index in [1.165, 1.54) is 32.1 Å². The highest BCUT2D eigenvalue weighted by atomic mass is 16.2. The number of rotatable bonds is 3. The highest BCUT2D eigenvalue weighted by Crippen LogP contribution is 2.27. The van der Waals surface area contributed by atoms with Crippen molar-refractivity contribution in [1.29, 1.82) is 0 Å². The van der Waals surface area contributed by atoms with E-state index in [0.717, 1.165) is 12.3 Å². The summed E-state index contributed by atoms with van der Waals surface area (Å²) in [7, 11) is 0. The molecule has 0 aromatic rings. The van der Waals surface area contributed by atoms with E-state index in [0.29, 0.717) is 32.6 Å². The number of amides is 2. The van der Waals surface area contributed by atoms with Gasteiger partial charge in [-0.15, -0.1) is 0 Å². The van der Waals surface area contributed by atoms with Crippen LogP contribution in [0.5, 0.6) is 0 Å². The molecule has 108 valence electrons. The van der Waals surface area contributed by atoms with Gasteiger partial charge in [0.1, 0.15) is 0 Å². The highest BCUT2D eigenvalue weighted by Gasteiger charge is 2.23. The summed E-state index contributed by atoms with van der Waals surface area (Å²) in [5, 5.41) is 0. The number of hydrogen-bond donors (Lipinski definition) is 0. The lowest BCUT2D eigenvalue weighted by Gasteiger charge is -2.34. The van der Waals surface area contributed by atoms with Gasteiger partial charge in [-0.25, -0.2) is 0 Å². The minimum absolute atomic E-state index is 0.120. The van der Waals surface area contributed by atoms with Crippen LogP contribution in [0.2, 0.25) is 0 Å². The van der Waals surface area contributed by atoms with Crippen molar-refractivity contribution < 1.29 is 9.59 Å². The van der Waals surface area contributed by atoms with Crippen LogP contribution in [0.25, 0.3) is 0 Å².